The number of nitrogens with zero attached hydrogens (tertiary/aromatic N) is 1. The monoisotopic (exact) mass is 237 g/mol. The van der Waals surface area contributed by atoms with Crippen LogP contribution in [0.2, 0.25) is 0 Å². The number of hydrogen-bond donors (Lipinski definition) is 1. The maximum Gasteiger partial charge on any atom is 0.119 e. The summed E-state index contributed by atoms with van der Waals surface area (Å²) < 4.78 is 5.50. The molecule has 1 unspecified atom stereocenters. The second kappa shape index (κ2) is 7.30. The van der Waals surface area contributed by atoms with Gasteiger partial charge in [0.15, 0.2) is 0 Å². The van der Waals surface area contributed by atoms with Gasteiger partial charge in [-0.1, -0.05) is 26.0 Å². The Morgan fingerprint density at radius 1 is 1.24 bits per heavy atom. The molecule has 0 bridgehead atoms. The number of aliphatic hydroxyl groups is 1. The summed E-state index contributed by atoms with van der Waals surface area (Å²) in [5.74, 6) is 0.867. The Bertz CT molecular complexity index is 311. The quantitative estimate of drug-likeness (QED) is 0.790. The fourth-order valence-electron chi connectivity index (χ4n) is 1.54. The van der Waals surface area contributed by atoms with E-state index >= 15 is 0 Å². The number of ether oxygens (including phenoxy) is 1. The third-order valence-corrected chi connectivity index (χ3v) is 2.76. The highest BCUT2D eigenvalue weighted by Crippen LogP contribution is 2.18. The van der Waals surface area contributed by atoms with Crippen molar-refractivity contribution in [3.8, 4) is 5.75 Å². The number of rotatable bonds is 7. The maximum atomic E-state index is 10.0. The van der Waals surface area contributed by atoms with Crippen LogP contribution >= 0.6 is 0 Å². The summed E-state index contributed by atoms with van der Waals surface area (Å²) in [5.41, 5.74) is 0.939. The summed E-state index contributed by atoms with van der Waals surface area (Å²) in [6.07, 6.45) is 0.575. The summed E-state index contributed by atoms with van der Waals surface area (Å²) in [4.78, 5) is 2.09. The first kappa shape index (κ1) is 14.0. The van der Waals surface area contributed by atoms with Crippen LogP contribution < -0.4 is 4.74 Å². The van der Waals surface area contributed by atoms with Crippen molar-refractivity contribution in [1.82, 2.24) is 4.90 Å². The molecule has 17 heavy (non-hydrogen) atoms. The molecule has 0 aromatic heterocycles. The van der Waals surface area contributed by atoms with Crippen LogP contribution in [0.1, 0.15) is 31.9 Å². The molecule has 1 N–H and O–H groups in total. The average Bonchev–Trinajstić information content (AvgIpc) is 2.36. The van der Waals surface area contributed by atoms with Gasteiger partial charge in [-0.15, -0.1) is 0 Å². The summed E-state index contributed by atoms with van der Waals surface area (Å²) in [5, 5.41) is 10.0. The second-order valence-corrected chi connectivity index (χ2v) is 4.29. The number of aliphatic hydroxyl groups excluding tert-OH is 1. The summed E-state index contributed by atoms with van der Waals surface area (Å²) in [6, 6.07) is 7.69. The van der Waals surface area contributed by atoms with Crippen LogP contribution in [0, 0.1) is 0 Å². The lowest BCUT2D eigenvalue weighted by Crippen LogP contribution is -2.24. The summed E-state index contributed by atoms with van der Waals surface area (Å²) in [6.45, 7) is 6.49. The average molecular weight is 237 g/mol. The van der Waals surface area contributed by atoms with E-state index in [1.54, 1.807) is 0 Å². The topological polar surface area (TPSA) is 32.7 Å². The summed E-state index contributed by atoms with van der Waals surface area (Å²) in [7, 11) is 2.00. The van der Waals surface area contributed by atoms with Crippen molar-refractivity contribution < 1.29 is 9.84 Å². The van der Waals surface area contributed by atoms with Crippen molar-refractivity contribution >= 4 is 0 Å². The van der Waals surface area contributed by atoms with Crippen LogP contribution in [-0.4, -0.2) is 36.8 Å². The molecule has 0 amide bonds. The second-order valence-electron chi connectivity index (χ2n) is 4.29. The lowest BCUT2D eigenvalue weighted by Gasteiger charge is -2.19. The zero-order valence-electron chi connectivity index (χ0n) is 11.0. The molecule has 0 radical (unpaired) electrons. The van der Waals surface area contributed by atoms with Crippen LogP contribution in [0.15, 0.2) is 24.3 Å². The van der Waals surface area contributed by atoms with E-state index in [4.69, 9.17) is 4.74 Å². The van der Waals surface area contributed by atoms with Crippen molar-refractivity contribution in [2.45, 2.75) is 26.4 Å². The fraction of sp³-hybridized carbons (Fsp3) is 0.571. The van der Waals surface area contributed by atoms with Gasteiger partial charge < -0.3 is 14.7 Å². The Morgan fingerprint density at radius 2 is 1.88 bits per heavy atom. The van der Waals surface area contributed by atoms with Gasteiger partial charge in [0.1, 0.15) is 5.75 Å². The minimum absolute atomic E-state index is 0.430. The lowest BCUT2D eigenvalue weighted by molar-refractivity contribution is 0.129. The van der Waals surface area contributed by atoms with Crippen LogP contribution in [0.5, 0.6) is 5.75 Å². The van der Waals surface area contributed by atoms with Crippen LogP contribution in [-0.2, 0) is 0 Å². The highest BCUT2D eigenvalue weighted by atomic mass is 16.5. The normalized spacial score (nSPS) is 12.8. The van der Waals surface area contributed by atoms with E-state index in [9.17, 15) is 5.11 Å². The molecule has 1 aromatic carbocycles. The zero-order chi connectivity index (χ0) is 12.7. The van der Waals surface area contributed by atoms with Crippen molar-refractivity contribution in [3.05, 3.63) is 29.8 Å². The van der Waals surface area contributed by atoms with Crippen LogP contribution in [0.25, 0.3) is 0 Å². The SMILES string of the molecule is CCCOc1ccc(C(O)CN(C)CC)cc1. The molecule has 1 atom stereocenters. The van der Waals surface area contributed by atoms with E-state index in [2.05, 4.69) is 18.7 Å². The third kappa shape index (κ3) is 4.75. The van der Waals surface area contributed by atoms with Gasteiger partial charge >= 0.3 is 0 Å². The molecule has 1 aromatic rings. The molecule has 1 rings (SSSR count). The first-order valence-corrected chi connectivity index (χ1v) is 6.26. The number of benzene rings is 1. The van der Waals surface area contributed by atoms with Gasteiger partial charge in [-0.25, -0.2) is 0 Å². The molecular formula is C14H23NO2. The van der Waals surface area contributed by atoms with E-state index in [-0.39, 0.29) is 0 Å². The van der Waals surface area contributed by atoms with Crippen molar-refractivity contribution in [1.29, 1.82) is 0 Å². The molecule has 0 fully saturated rings. The fourth-order valence-corrected chi connectivity index (χ4v) is 1.54. The molecule has 0 spiro atoms. The third-order valence-electron chi connectivity index (χ3n) is 2.76. The Hall–Kier alpha value is -1.06. The van der Waals surface area contributed by atoms with Crippen LogP contribution in [0.4, 0.5) is 0 Å². The van der Waals surface area contributed by atoms with Gasteiger partial charge in [0.2, 0.25) is 0 Å². The Morgan fingerprint density at radius 3 is 2.41 bits per heavy atom. The van der Waals surface area contributed by atoms with Crippen molar-refractivity contribution in [3.63, 3.8) is 0 Å². The first-order chi connectivity index (χ1) is 8.17. The number of likely N-dealkylation sites (N-methyl/N-ethyl adjacent to an activating group) is 1. The standard InChI is InChI=1S/C14H23NO2/c1-4-10-17-13-8-6-12(7-9-13)14(16)11-15(3)5-2/h6-9,14,16H,4-5,10-11H2,1-3H3. The molecular weight excluding hydrogens is 214 g/mol. The zero-order valence-corrected chi connectivity index (χ0v) is 11.0. The van der Waals surface area contributed by atoms with E-state index in [1.807, 2.05) is 31.3 Å². The predicted molar refractivity (Wildman–Crippen MR) is 70.4 cm³/mol. The smallest absolute Gasteiger partial charge is 0.119 e. The highest BCUT2D eigenvalue weighted by Gasteiger charge is 2.09. The van der Waals surface area contributed by atoms with Crippen molar-refractivity contribution in [2.24, 2.45) is 0 Å². The predicted octanol–water partition coefficient (Wildman–Crippen LogP) is 2.46. The molecule has 0 aliphatic rings. The Labute approximate surface area is 104 Å². The Balaban J connectivity index is 2.54. The maximum absolute atomic E-state index is 10.0. The lowest BCUT2D eigenvalue weighted by atomic mass is 10.1. The van der Waals surface area contributed by atoms with E-state index < -0.39 is 6.10 Å². The molecule has 0 saturated carbocycles. The molecule has 96 valence electrons. The van der Waals surface area contributed by atoms with Gasteiger partial charge in [-0.05, 0) is 37.7 Å². The van der Waals surface area contributed by atoms with Crippen LogP contribution in [0.3, 0.4) is 0 Å². The van der Waals surface area contributed by atoms with E-state index in [1.165, 1.54) is 0 Å². The minimum atomic E-state index is -0.430. The molecule has 3 nitrogen and oxygen atoms in total. The minimum Gasteiger partial charge on any atom is -0.494 e. The van der Waals surface area contributed by atoms with Gasteiger partial charge in [0.25, 0.3) is 0 Å². The highest BCUT2D eigenvalue weighted by molar-refractivity contribution is 5.28. The molecule has 0 aliphatic carbocycles. The van der Waals surface area contributed by atoms with Gasteiger partial charge in [-0.2, -0.15) is 0 Å². The molecule has 0 aliphatic heterocycles. The largest absolute Gasteiger partial charge is 0.494 e. The van der Waals surface area contributed by atoms with E-state index in [0.29, 0.717) is 6.54 Å². The first-order valence-electron chi connectivity index (χ1n) is 6.26. The van der Waals surface area contributed by atoms with Gasteiger partial charge in [-0.3, -0.25) is 0 Å². The Kier molecular flexibility index (Phi) is 6.01. The molecule has 0 saturated heterocycles. The number of hydrogen-bond acceptors (Lipinski definition) is 3. The van der Waals surface area contributed by atoms with Gasteiger partial charge in [0, 0.05) is 6.54 Å². The molecule has 3 heteroatoms. The van der Waals surface area contributed by atoms with Gasteiger partial charge in [0.05, 0.1) is 12.7 Å². The molecule has 0 heterocycles. The van der Waals surface area contributed by atoms with Crippen molar-refractivity contribution in [2.75, 3.05) is 26.7 Å². The summed E-state index contributed by atoms with van der Waals surface area (Å²) >= 11 is 0. The van der Waals surface area contributed by atoms with E-state index in [0.717, 1.165) is 30.9 Å².